The number of hydrogen-bond donors (Lipinski definition) is 0. The molecule has 1 atom stereocenters. The van der Waals surface area contributed by atoms with E-state index in [1.54, 1.807) is 24.3 Å². The summed E-state index contributed by atoms with van der Waals surface area (Å²) in [6.07, 6.45) is 1.79. The van der Waals surface area contributed by atoms with Crippen molar-refractivity contribution in [3.63, 3.8) is 0 Å². The largest absolute Gasteiger partial charge is 0.495 e. The summed E-state index contributed by atoms with van der Waals surface area (Å²) < 4.78 is 15.5. The average molecular weight is 336 g/mol. The predicted octanol–water partition coefficient (Wildman–Crippen LogP) is 2.90. The van der Waals surface area contributed by atoms with Crippen molar-refractivity contribution in [2.24, 2.45) is 0 Å². The fraction of sp³-hybridized carbons (Fsp3) is 0.250. The molecule has 1 aliphatic rings. The molecule has 7 heteroatoms. The first-order valence-electron chi connectivity index (χ1n) is 6.99. The van der Waals surface area contributed by atoms with Crippen LogP contribution >= 0.6 is 11.6 Å². The molecule has 3 rings (SSSR count). The molecule has 1 aromatic carbocycles. The second kappa shape index (κ2) is 6.34. The van der Waals surface area contributed by atoms with Gasteiger partial charge in [0.25, 0.3) is 5.91 Å². The van der Waals surface area contributed by atoms with E-state index in [1.807, 2.05) is 0 Å². The Morgan fingerprint density at radius 1 is 1.39 bits per heavy atom. The Kier molecular flexibility index (Phi) is 4.25. The smallest absolute Gasteiger partial charge is 0.329 e. The maximum atomic E-state index is 12.8. The molecule has 1 fully saturated rings. The van der Waals surface area contributed by atoms with Crippen LogP contribution in [0.15, 0.2) is 41.0 Å². The monoisotopic (exact) mass is 335 g/mol. The van der Waals surface area contributed by atoms with Crippen molar-refractivity contribution < 1.29 is 23.5 Å². The highest BCUT2D eigenvalue weighted by Crippen LogP contribution is 2.35. The van der Waals surface area contributed by atoms with Crippen LogP contribution in [0.4, 0.5) is 5.69 Å². The minimum Gasteiger partial charge on any atom is -0.495 e. The number of methoxy groups -OCH3 is 1. The molecule has 0 aliphatic carbocycles. The van der Waals surface area contributed by atoms with Crippen LogP contribution in [0, 0.1) is 0 Å². The first kappa shape index (κ1) is 15.4. The second-order valence-corrected chi connectivity index (χ2v) is 5.38. The van der Waals surface area contributed by atoms with Gasteiger partial charge in [-0.15, -0.1) is 0 Å². The minimum absolute atomic E-state index is 0.117. The summed E-state index contributed by atoms with van der Waals surface area (Å²) in [5.74, 6) is -0.382. The number of nitrogens with zero attached hydrogens (tertiary/aromatic N) is 1. The third kappa shape index (κ3) is 2.90. The lowest BCUT2D eigenvalue weighted by Gasteiger charge is -2.27. The van der Waals surface area contributed by atoms with E-state index in [-0.39, 0.29) is 12.4 Å². The predicted molar refractivity (Wildman–Crippen MR) is 82.9 cm³/mol. The van der Waals surface area contributed by atoms with Gasteiger partial charge in [0.05, 0.1) is 25.7 Å². The Bertz CT molecular complexity index is 728. The van der Waals surface area contributed by atoms with Crippen LogP contribution in [0.25, 0.3) is 0 Å². The van der Waals surface area contributed by atoms with Gasteiger partial charge in [0.2, 0.25) is 0 Å². The summed E-state index contributed by atoms with van der Waals surface area (Å²) in [5, 5.41) is 0.421. The van der Waals surface area contributed by atoms with E-state index in [1.165, 1.54) is 24.3 Å². The van der Waals surface area contributed by atoms with E-state index in [0.717, 1.165) is 0 Å². The van der Waals surface area contributed by atoms with E-state index in [0.29, 0.717) is 22.9 Å². The number of benzene rings is 1. The normalized spacial score (nSPS) is 17.0. The summed E-state index contributed by atoms with van der Waals surface area (Å²) in [6.45, 7) is 0.258. The molecular weight excluding hydrogens is 322 g/mol. The van der Waals surface area contributed by atoms with E-state index < -0.39 is 17.9 Å². The zero-order chi connectivity index (χ0) is 16.4. The molecule has 1 aromatic heterocycles. The first-order chi connectivity index (χ1) is 11.1. The number of anilines is 1. The zero-order valence-corrected chi connectivity index (χ0v) is 13.1. The Morgan fingerprint density at radius 2 is 2.22 bits per heavy atom. The summed E-state index contributed by atoms with van der Waals surface area (Å²) in [6, 6.07) is 7.25. The molecule has 0 N–H and O–H groups in total. The molecule has 23 heavy (non-hydrogen) atoms. The van der Waals surface area contributed by atoms with E-state index in [4.69, 9.17) is 25.5 Å². The molecule has 0 bridgehead atoms. The van der Waals surface area contributed by atoms with Crippen LogP contribution in [0.3, 0.4) is 0 Å². The standard InChI is InChI=1S/C16H14ClNO5/c1-21-13-5-4-10(17)9-12(13)18(11-6-8-23-16(11)20)15(19)14-3-2-7-22-14/h2-5,7,9,11H,6,8H2,1H3. The Labute approximate surface area is 137 Å². The van der Waals surface area contributed by atoms with Gasteiger partial charge in [-0.3, -0.25) is 9.69 Å². The van der Waals surface area contributed by atoms with Crippen molar-refractivity contribution in [1.82, 2.24) is 0 Å². The van der Waals surface area contributed by atoms with Crippen molar-refractivity contribution in [2.45, 2.75) is 12.5 Å². The molecular formula is C16H14ClNO5. The maximum Gasteiger partial charge on any atom is 0.329 e. The number of hydrogen-bond acceptors (Lipinski definition) is 5. The van der Waals surface area contributed by atoms with Gasteiger partial charge in [-0.2, -0.15) is 0 Å². The molecule has 120 valence electrons. The van der Waals surface area contributed by atoms with Crippen molar-refractivity contribution in [1.29, 1.82) is 0 Å². The van der Waals surface area contributed by atoms with Gasteiger partial charge in [-0.1, -0.05) is 11.6 Å². The highest BCUT2D eigenvalue weighted by atomic mass is 35.5. The van der Waals surface area contributed by atoms with Crippen molar-refractivity contribution in [3.05, 3.63) is 47.4 Å². The van der Waals surface area contributed by atoms with Gasteiger partial charge in [-0.25, -0.2) is 4.79 Å². The quantitative estimate of drug-likeness (QED) is 0.803. The van der Waals surface area contributed by atoms with Crippen molar-refractivity contribution in [3.8, 4) is 5.75 Å². The molecule has 2 aromatic rings. The molecule has 0 spiro atoms. The number of rotatable bonds is 4. The minimum atomic E-state index is -0.750. The van der Waals surface area contributed by atoms with Gasteiger partial charge in [0, 0.05) is 11.4 Å². The molecule has 1 aliphatic heterocycles. The molecule has 0 radical (unpaired) electrons. The lowest BCUT2D eigenvalue weighted by atomic mass is 10.1. The van der Waals surface area contributed by atoms with Crippen LogP contribution < -0.4 is 9.64 Å². The highest BCUT2D eigenvalue weighted by Gasteiger charge is 2.39. The van der Waals surface area contributed by atoms with E-state index in [2.05, 4.69) is 0 Å². The van der Waals surface area contributed by atoms with Gasteiger partial charge < -0.3 is 13.9 Å². The third-order valence-electron chi connectivity index (χ3n) is 3.57. The van der Waals surface area contributed by atoms with Crippen LogP contribution in [0.2, 0.25) is 5.02 Å². The zero-order valence-electron chi connectivity index (χ0n) is 12.3. The molecule has 1 amide bonds. The van der Waals surface area contributed by atoms with Gasteiger partial charge in [-0.05, 0) is 30.3 Å². The summed E-state index contributed by atoms with van der Waals surface area (Å²) >= 11 is 6.06. The van der Waals surface area contributed by atoms with Crippen LogP contribution in [0.1, 0.15) is 17.0 Å². The van der Waals surface area contributed by atoms with Crippen molar-refractivity contribution >= 4 is 29.2 Å². The number of cyclic esters (lactones) is 1. The fourth-order valence-corrected chi connectivity index (χ4v) is 2.68. The number of carbonyl (C=O) groups is 2. The molecule has 1 unspecified atom stereocenters. The fourth-order valence-electron chi connectivity index (χ4n) is 2.51. The number of esters is 1. The van der Waals surface area contributed by atoms with Gasteiger partial charge in [0.15, 0.2) is 5.76 Å². The second-order valence-electron chi connectivity index (χ2n) is 4.94. The molecule has 1 saturated heterocycles. The Morgan fingerprint density at radius 3 is 2.83 bits per heavy atom. The average Bonchev–Trinajstić information content (AvgIpc) is 3.20. The van der Waals surface area contributed by atoms with Crippen LogP contribution in [-0.2, 0) is 9.53 Å². The van der Waals surface area contributed by atoms with Crippen LogP contribution in [0.5, 0.6) is 5.75 Å². The number of amides is 1. The summed E-state index contributed by atoms with van der Waals surface area (Å²) in [4.78, 5) is 26.2. The van der Waals surface area contributed by atoms with Gasteiger partial charge >= 0.3 is 5.97 Å². The molecule has 2 heterocycles. The molecule has 0 saturated carbocycles. The SMILES string of the molecule is COc1ccc(Cl)cc1N(C(=O)c1ccco1)C1CCOC1=O. The highest BCUT2D eigenvalue weighted by molar-refractivity contribution is 6.31. The van der Waals surface area contributed by atoms with Gasteiger partial charge in [0.1, 0.15) is 11.8 Å². The maximum absolute atomic E-state index is 12.8. The lowest BCUT2D eigenvalue weighted by Crippen LogP contribution is -2.43. The Hall–Kier alpha value is -2.47. The molecule has 6 nitrogen and oxygen atoms in total. The van der Waals surface area contributed by atoms with Crippen LogP contribution in [-0.4, -0.2) is 31.6 Å². The van der Waals surface area contributed by atoms with Crippen molar-refractivity contribution in [2.75, 3.05) is 18.6 Å². The third-order valence-corrected chi connectivity index (χ3v) is 3.81. The summed E-state index contributed by atoms with van der Waals surface area (Å²) in [7, 11) is 1.48. The number of halogens is 1. The van der Waals surface area contributed by atoms with E-state index in [9.17, 15) is 9.59 Å². The van der Waals surface area contributed by atoms with E-state index >= 15 is 0 Å². The number of ether oxygens (including phenoxy) is 2. The number of carbonyl (C=O) groups excluding carboxylic acids is 2. The Balaban J connectivity index is 2.10. The number of furan rings is 1. The summed E-state index contributed by atoms with van der Waals surface area (Å²) in [5.41, 5.74) is 0.394. The topological polar surface area (TPSA) is 69.0 Å². The lowest BCUT2D eigenvalue weighted by molar-refractivity contribution is -0.139. The first-order valence-corrected chi connectivity index (χ1v) is 7.37.